The minimum atomic E-state index is 0.673. The minimum absolute atomic E-state index is 0.673. The van der Waals surface area contributed by atoms with Gasteiger partial charge in [0, 0.05) is 29.7 Å². The smallest absolute Gasteiger partial charge is 0.135 e. The summed E-state index contributed by atoms with van der Waals surface area (Å²) in [5, 5.41) is 3.15. The average Bonchev–Trinajstić information content (AvgIpc) is 2.32. The summed E-state index contributed by atoms with van der Waals surface area (Å²) in [4.78, 5) is 4.17. The third-order valence-corrected chi connectivity index (χ3v) is 2.86. The summed E-state index contributed by atoms with van der Waals surface area (Å²) >= 11 is 3.40. The molecule has 0 fully saturated rings. The highest BCUT2D eigenvalue weighted by atomic mass is 79.9. The summed E-state index contributed by atoms with van der Waals surface area (Å²) in [6.45, 7) is 0. The molecule has 0 amide bonds. The molecule has 1 heterocycles. The van der Waals surface area contributed by atoms with Crippen LogP contribution in [-0.2, 0) is 0 Å². The molecule has 88 valence electrons. The number of nitrogens with one attached hydrogen (secondary N) is 1. The average molecular weight is 294 g/mol. The van der Waals surface area contributed by atoms with Gasteiger partial charge in [-0.3, -0.25) is 0 Å². The number of benzene rings is 1. The molecule has 1 aromatic heterocycles. The Labute approximate surface area is 108 Å². The molecule has 2 aromatic rings. The van der Waals surface area contributed by atoms with Crippen LogP contribution in [0.2, 0.25) is 0 Å². The van der Waals surface area contributed by atoms with Gasteiger partial charge in [0.1, 0.15) is 11.6 Å². The van der Waals surface area contributed by atoms with E-state index in [1.54, 1.807) is 25.4 Å². The molecule has 5 heteroatoms. The molecule has 1 aromatic carbocycles. The first-order valence-corrected chi connectivity index (χ1v) is 5.80. The van der Waals surface area contributed by atoms with Crippen molar-refractivity contribution in [2.24, 2.45) is 0 Å². The van der Waals surface area contributed by atoms with Crippen molar-refractivity contribution in [3.63, 3.8) is 0 Å². The lowest BCUT2D eigenvalue weighted by Crippen LogP contribution is -1.95. The van der Waals surface area contributed by atoms with Gasteiger partial charge >= 0.3 is 0 Å². The van der Waals surface area contributed by atoms with Crippen LogP contribution in [0.3, 0.4) is 0 Å². The lowest BCUT2D eigenvalue weighted by atomic mass is 10.3. The van der Waals surface area contributed by atoms with E-state index in [2.05, 4.69) is 26.2 Å². The molecule has 2 rings (SSSR count). The van der Waals surface area contributed by atoms with Crippen molar-refractivity contribution in [3.8, 4) is 5.75 Å². The van der Waals surface area contributed by atoms with Gasteiger partial charge in [0.2, 0.25) is 0 Å². The first kappa shape index (κ1) is 11.7. The second-order valence-corrected chi connectivity index (χ2v) is 4.30. The van der Waals surface area contributed by atoms with E-state index >= 15 is 0 Å². The molecule has 0 unspecified atom stereocenters. The first-order chi connectivity index (χ1) is 8.19. The van der Waals surface area contributed by atoms with Crippen molar-refractivity contribution < 1.29 is 4.74 Å². The van der Waals surface area contributed by atoms with Crippen molar-refractivity contribution in [1.82, 2.24) is 4.98 Å². The number of aromatic nitrogens is 1. The van der Waals surface area contributed by atoms with Crippen molar-refractivity contribution in [3.05, 3.63) is 41.0 Å². The zero-order valence-electron chi connectivity index (χ0n) is 9.27. The van der Waals surface area contributed by atoms with Gasteiger partial charge in [-0.25, -0.2) is 4.98 Å². The van der Waals surface area contributed by atoms with Crippen LogP contribution in [0, 0.1) is 0 Å². The summed E-state index contributed by atoms with van der Waals surface area (Å²) in [7, 11) is 1.63. The fourth-order valence-corrected chi connectivity index (χ4v) is 1.81. The van der Waals surface area contributed by atoms with E-state index in [1.165, 1.54) is 0 Å². The van der Waals surface area contributed by atoms with E-state index in [9.17, 15) is 0 Å². The fourth-order valence-electron chi connectivity index (χ4n) is 1.40. The Morgan fingerprint density at radius 1 is 1.29 bits per heavy atom. The van der Waals surface area contributed by atoms with Crippen molar-refractivity contribution in [1.29, 1.82) is 0 Å². The van der Waals surface area contributed by atoms with E-state index in [1.807, 2.05) is 18.2 Å². The first-order valence-electron chi connectivity index (χ1n) is 5.01. The summed E-state index contributed by atoms with van der Waals surface area (Å²) in [5.41, 5.74) is 7.24. The number of nitrogens with zero attached hydrogens (tertiary/aromatic N) is 1. The Kier molecular flexibility index (Phi) is 3.49. The van der Waals surface area contributed by atoms with E-state index in [0.29, 0.717) is 11.5 Å². The molecule has 0 aliphatic rings. The van der Waals surface area contributed by atoms with Gasteiger partial charge in [-0.2, -0.15) is 0 Å². The van der Waals surface area contributed by atoms with Crippen molar-refractivity contribution >= 4 is 33.1 Å². The molecule has 17 heavy (non-hydrogen) atoms. The molecule has 4 nitrogen and oxygen atoms in total. The van der Waals surface area contributed by atoms with Crippen LogP contribution in [0.1, 0.15) is 0 Å². The lowest BCUT2D eigenvalue weighted by molar-refractivity contribution is 0.412. The van der Waals surface area contributed by atoms with Gasteiger partial charge in [-0.05, 0) is 34.1 Å². The Balaban J connectivity index is 2.24. The normalized spacial score (nSPS) is 10.0. The SMILES string of the molecule is COc1cc(Nc2cc(N)ccn2)ccc1Br. The number of halogens is 1. The highest BCUT2D eigenvalue weighted by Crippen LogP contribution is 2.29. The summed E-state index contributed by atoms with van der Waals surface area (Å²) < 4.78 is 6.12. The van der Waals surface area contributed by atoms with Crippen LogP contribution in [0.25, 0.3) is 0 Å². The van der Waals surface area contributed by atoms with Gasteiger partial charge in [0.25, 0.3) is 0 Å². The van der Waals surface area contributed by atoms with E-state index in [-0.39, 0.29) is 0 Å². The third-order valence-electron chi connectivity index (χ3n) is 2.21. The van der Waals surface area contributed by atoms with Gasteiger partial charge in [0.15, 0.2) is 0 Å². The molecule has 0 aliphatic heterocycles. The quantitative estimate of drug-likeness (QED) is 0.912. The number of nitrogen functional groups attached to an aromatic ring is 1. The van der Waals surface area contributed by atoms with Gasteiger partial charge < -0.3 is 15.8 Å². The number of anilines is 3. The zero-order chi connectivity index (χ0) is 12.3. The van der Waals surface area contributed by atoms with E-state index in [0.717, 1.165) is 15.9 Å². The predicted octanol–water partition coefficient (Wildman–Crippen LogP) is 3.18. The van der Waals surface area contributed by atoms with Crippen molar-refractivity contribution in [2.45, 2.75) is 0 Å². The van der Waals surface area contributed by atoms with E-state index < -0.39 is 0 Å². The molecule has 0 atom stereocenters. The van der Waals surface area contributed by atoms with Crippen LogP contribution in [0.4, 0.5) is 17.2 Å². The molecule has 0 bridgehead atoms. The molecule has 0 spiro atoms. The summed E-state index contributed by atoms with van der Waals surface area (Å²) in [5.74, 6) is 1.47. The number of hydrogen-bond acceptors (Lipinski definition) is 4. The van der Waals surface area contributed by atoms with Gasteiger partial charge in [0.05, 0.1) is 11.6 Å². The Morgan fingerprint density at radius 2 is 2.12 bits per heavy atom. The third kappa shape index (κ3) is 2.88. The number of hydrogen-bond donors (Lipinski definition) is 2. The Morgan fingerprint density at radius 3 is 2.82 bits per heavy atom. The minimum Gasteiger partial charge on any atom is -0.495 e. The lowest BCUT2D eigenvalue weighted by Gasteiger charge is -2.09. The number of nitrogens with two attached hydrogens (primary N) is 1. The molecule has 0 saturated carbocycles. The van der Waals surface area contributed by atoms with Crippen LogP contribution >= 0.6 is 15.9 Å². The molecule has 0 saturated heterocycles. The van der Waals surface area contributed by atoms with Crippen molar-refractivity contribution in [2.75, 3.05) is 18.2 Å². The molecular formula is C12H12BrN3O. The Bertz CT molecular complexity index is 531. The monoisotopic (exact) mass is 293 g/mol. The maximum absolute atomic E-state index is 5.68. The van der Waals surface area contributed by atoms with Crippen LogP contribution in [0.15, 0.2) is 41.0 Å². The summed E-state index contributed by atoms with van der Waals surface area (Å²) in [6, 6.07) is 9.24. The maximum atomic E-state index is 5.68. The highest BCUT2D eigenvalue weighted by molar-refractivity contribution is 9.10. The molecule has 0 radical (unpaired) electrons. The predicted molar refractivity (Wildman–Crippen MR) is 72.6 cm³/mol. The van der Waals surface area contributed by atoms with Gasteiger partial charge in [-0.15, -0.1) is 0 Å². The second-order valence-electron chi connectivity index (χ2n) is 3.45. The van der Waals surface area contributed by atoms with Crippen LogP contribution in [-0.4, -0.2) is 12.1 Å². The number of methoxy groups -OCH3 is 1. The molecular weight excluding hydrogens is 282 g/mol. The number of ether oxygens (including phenoxy) is 1. The topological polar surface area (TPSA) is 60.2 Å². The van der Waals surface area contributed by atoms with Crippen LogP contribution < -0.4 is 15.8 Å². The zero-order valence-corrected chi connectivity index (χ0v) is 10.9. The number of rotatable bonds is 3. The maximum Gasteiger partial charge on any atom is 0.135 e. The standard InChI is InChI=1S/C12H12BrN3O/c1-17-11-7-9(2-3-10(11)13)16-12-6-8(14)4-5-15-12/h2-7H,1H3,(H3,14,15,16). The van der Waals surface area contributed by atoms with Gasteiger partial charge in [-0.1, -0.05) is 0 Å². The fraction of sp³-hybridized carbons (Fsp3) is 0.0833. The van der Waals surface area contributed by atoms with E-state index in [4.69, 9.17) is 10.5 Å². The highest BCUT2D eigenvalue weighted by Gasteiger charge is 2.02. The largest absolute Gasteiger partial charge is 0.495 e. The molecule has 3 N–H and O–H groups in total. The summed E-state index contributed by atoms with van der Waals surface area (Å²) in [6.07, 6.45) is 1.66. The second kappa shape index (κ2) is 5.05. The Hall–Kier alpha value is -1.75. The number of pyridine rings is 1. The molecule has 0 aliphatic carbocycles. The van der Waals surface area contributed by atoms with Crippen LogP contribution in [0.5, 0.6) is 5.75 Å².